The van der Waals surface area contributed by atoms with Crippen LogP contribution >= 0.6 is 15.9 Å². The number of hydrogen-bond acceptors (Lipinski definition) is 1. The predicted molar refractivity (Wildman–Crippen MR) is 104 cm³/mol. The maximum Gasteiger partial charge on any atom is 0.119 e. The van der Waals surface area contributed by atoms with Gasteiger partial charge in [-0.1, -0.05) is 60.7 Å². The maximum absolute atomic E-state index is 5.80. The summed E-state index contributed by atoms with van der Waals surface area (Å²) in [6.07, 6.45) is 13.6. The number of rotatable bonds is 10. The molecule has 0 amide bonds. The van der Waals surface area contributed by atoms with Crippen molar-refractivity contribution in [2.24, 2.45) is 5.92 Å². The van der Waals surface area contributed by atoms with Crippen LogP contribution in [0, 0.1) is 5.92 Å². The van der Waals surface area contributed by atoms with Crippen LogP contribution in [0.2, 0.25) is 0 Å². The molecule has 130 valence electrons. The molecular formula is C21H33BrO. The topological polar surface area (TPSA) is 9.23 Å². The van der Waals surface area contributed by atoms with Crippen LogP contribution in [0.25, 0.3) is 0 Å². The largest absolute Gasteiger partial charge is 0.494 e. The average molecular weight is 381 g/mol. The van der Waals surface area contributed by atoms with Gasteiger partial charge >= 0.3 is 0 Å². The van der Waals surface area contributed by atoms with Crippen molar-refractivity contribution in [2.45, 2.75) is 77.0 Å². The van der Waals surface area contributed by atoms with Gasteiger partial charge in [0.2, 0.25) is 0 Å². The fourth-order valence-corrected chi connectivity index (χ4v) is 4.09. The molecule has 0 aliphatic heterocycles. The van der Waals surface area contributed by atoms with Crippen LogP contribution in [-0.2, 0) is 0 Å². The summed E-state index contributed by atoms with van der Waals surface area (Å²) in [5.74, 6) is 2.80. The van der Waals surface area contributed by atoms with Crippen LogP contribution in [0.4, 0.5) is 0 Å². The van der Waals surface area contributed by atoms with Gasteiger partial charge in [0.05, 0.1) is 6.61 Å². The van der Waals surface area contributed by atoms with Crippen LogP contribution in [0.1, 0.15) is 82.6 Å². The summed E-state index contributed by atoms with van der Waals surface area (Å²) in [4.78, 5) is 0. The third kappa shape index (κ3) is 6.87. The van der Waals surface area contributed by atoms with Gasteiger partial charge in [-0.3, -0.25) is 0 Å². The molecule has 1 aliphatic carbocycles. The van der Waals surface area contributed by atoms with Gasteiger partial charge < -0.3 is 4.74 Å². The first-order valence-corrected chi connectivity index (χ1v) is 10.7. The maximum atomic E-state index is 5.80. The fourth-order valence-electron chi connectivity index (χ4n) is 3.69. The van der Waals surface area contributed by atoms with Crippen molar-refractivity contribution in [1.29, 1.82) is 0 Å². The summed E-state index contributed by atoms with van der Waals surface area (Å²) in [5, 5.41) is 1.07. The van der Waals surface area contributed by atoms with Crippen molar-refractivity contribution in [1.82, 2.24) is 0 Å². The Kier molecular flexibility index (Phi) is 9.11. The molecule has 0 radical (unpaired) electrons. The van der Waals surface area contributed by atoms with Gasteiger partial charge in [-0.2, -0.15) is 0 Å². The zero-order valence-corrected chi connectivity index (χ0v) is 16.3. The lowest BCUT2D eigenvalue weighted by molar-refractivity contribution is 0.301. The molecule has 23 heavy (non-hydrogen) atoms. The highest BCUT2D eigenvalue weighted by Crippen LogP contribution is 2.38. The second-order valence-electron chi connectivity index (χ2n) is 7.03. The molecule has 0 bridgehead atoms. The van der Waals surface area contributed by atoms with Gasteiger partial charge in [0, 0.05) is 5.33 Å². The quantitative estimate of drug-likeness (QED) is 0.310. The van der Waals surface area contributed by atoms with Crippen molar-refractivity contribution in [3.8, 4) is 5.75 Å². The number of benzene rings is 1. The molecule has 1 fully saturated rings. The van der Waals surface area contributed by atoms with E-state index in [1.807, 2.05) is 0 Å². The second-order valence-corrected chi connectivity index (χ2v) is 7.82. The van der Waals surface area contributed by atoms with E-state index in [-0.39, 0.29) is 0 Å². The Morgan fingerprint density at radius 1 is 0.957 bits per heavy atom. The number of halogens is 1. The highest BCUT2D eigenvalue weighted by atomic mass is 79.9. The summed E-state index contributed by atoms with van der Waals surface area (Å²) >= 11 is 3.46. The third-order valence-corrected chi connectivity index (χ3v) is 5.77. The van der Waals surface area contributed by atoms with Crippen molar-refractivity contribution in [3.63, 3.8) is 0 Å². The fraction of sp³-hybridized carbons (Fsp3) is 0.714. The number of unbranched alkanes of at least 4 members (excludes halogenated alkanes) is 3. The van der Waals surface area contributed by atoms with E-state index in [2.05, 4.69) is 47.1 Å². The van der Waals surface area contributed by atoms with Crippen LogP contribution in [-0.4, -0.2) is 11.9 Å². The Bertz CT molecular complexity index is 406. The van der Waals surface area contributed by atoms with E-state index in [1.54, 1.807) is 0 Å². The summed E-state index contributed by atoms with van der Waals surface area (Å²) in [6, 6.07) is 8.91. The lowest BCUT2D eigenvalue weighted by Gasteiger charge is -2.29. The van der Waals surface area contributed by atoms with Crippen molar-refractivity contribution in [2.75, 3.05) is 11.9 Å². The van der Waals surface area contributed by atoms with Gasteiger partial charge in [-0.05, 0) is 68.1 Å². The van der Waals surface area contributed by atoms with Gasteiger partial charge in [0.1, 0.15) is 5.75 Å². The Morgan fingerprint density at radius 2 is 1.70 bits per heavy atom. The van der Waals surface area contributed by atoms with Crippen LogP contribution in [0.5, 0.6) is 5.75 Å². The number of ether oxygens (including phenoxy) is 1. The van der Waals surface area contributed by atoms with E-state index in [0.717, 1.165) is 35.9 Å². The lowest BCUT2D eigenvalue weighted by atomic mass is 9.77. The van der Waals surface area contributed by atoms with Crippen molar-refractivity contribution < 1.29 is 4.74 Å². The monoisotopic (exact) mass is 380 g/mol. The zero-order chi connectivity index (χ0) is 16.3. The van der Waals surface area contributed by atoms with Crippen LogP contribution < -0.4 is 4.74 Å². The van der Waals surface area contributed by atoms with E-state index in [1.165, 1.54) is 63.4 Å². The normalized spacial score (nSPS) is 21.3. The van der Waals surface area contributed by atoms with E-state index in [4.69, 9.17) is 4.74 Å². The Hall–Kier alpha value is -0.500. The van der Waals surface area contributed by atoms with E-state index in [9.17, 15) is 0 Å². The van der Waals surface area contributed by atoms with Gasteiger partial charge in [-0.15, -0.1) is 0 Å². The molecule has 1 aliphatic rings. The molecule has 0 spiro atoms. The van der Waals surface area contributed by atoms with Crippen LogP contribution in [0.15, 0.2) is 24.3 Å². The first-order chi connectivity index (χ1) is 11.3. The zero-order valence-electron chi connectivity index (χ0n) is 14.7. The second kappa shape index (κ2) is 11.1. The standard InChI is InChI=1S/C21H33BrO/c1-2-3-4-7-18-8-10-19(11-9-18)20-12-14-21(15-13-20)23-17-6-5-16-22/h12-15,18-19H,2-11,16-17H2,1H3. The lowest BCUT2D eigenvalue weighted by Crippen LogP contribution is -2.13. The molecule has 1 aromatic rings. The van der Waals surface area contributed by atoms with Crippen LogP contribution in [0.3, 0.4) is 0 Å². The molecular weight excluding hydrogens is 348 g/mol. The summed E-state index contributed by atoms with van der Waals surface area (Å²) < 4.78 is 5.80. The molecule has 0 N–H and O–H groups in total. The molecule has 0 unspecified atom stereocenters. The molecule has 0 aromatic heterocycles. The molecule has 1 aromatic carbocycles. The smallest absolute Gasteiger partial charge is 0.119 e. The van der Waals surface area contributed by atoms with E-state index < -0.39 is 0 Å². The summed E-state index contributed by atoms with van der Waals surface area (Å²) in [5.41, 5.74) is 1.52. The van der Waals surface area contributed by atoms with Gasteiger partial charge in [-0.25, -0.2) is 0 Å². The third-order valence-electron chi connectivity index (χ3n) is 5.21. The average Bonchev–Trinajstić information content (AvgIpc) is 2.60. The Balaban J connectivity index is 1.71. The van der Waals surface area contributed by atoms with Gasteiger partial charge in [0.15, 0.2) is 0 Å². The van der Waals surface area contributed by atoms with E-state index in [0.29, 0.717) is 0 Å². The minimum absolute atomic E-state index is 0.778. The Morgan fingerprint density at radius 3 is 2.35 bits per heavy atom. The highest BCUT2D eigenvalue weighted by molar-refractivity contribution is 9.09. The van der Waals surface area contributed by atoms with Crippen molar-refractivity contribution >= 4 is 15.9 Å². The molecule has 0 heterocycles. The molecule has 0 atom stereocenters. The minimum Gasteiger partial charge on any atom is -0.494 e. The molecule has 1 nitrogen and oxygen atoms in total. The molecule has 2 rings (SSSR count). The summed E-state index contributed by atoms with van der Waals surface area (Å²) in [6.45, 7) is 3.12. The number of hydrogen-bond donors (Lipinski definition) is 0. The van der Waals surface area contributed by atoms with E-state index >= 15 is 0 Å². The Labute approximate surface area is 151 Å². The minimum atomic E-state index is 0.778. The SMILES string of the molecule is CCCCCC1CCC(c2ccc(OCCCCBr)cc2)CC1. The summed E-state index contributed by atoms with van der Waals surface area (Å²) in [7, 11) is 0. The highest BCUT2D eigenvalue weighted by Gasteiger charge is 2.21. The molecule has 0 saturated heterocycles. The van der Waals surface area contributed by atoms with Crippen molar-refractivity contribution in [3.05, 3.63) is 29.8 Å². The van der Waals surface area contributed by atoms with Gasteiger partial charge in [0.25, 0.3) is 0 Å². The predicted octanol–water partition coefficient (Wildman–Crippen LogP) is 7.09. The molecule has 1 saturated carbocycles. The molecule has 2 heteroatoms. The first kappa shape index (κ1) is 18.8. The first-order valence-electron chi connectivity index (χ1n) is 9.62. The number of alkyl halides is 1.